The Labute approximate surface area is 152 Å². The molecule has 1 N–H and O–H groups in total. The van der Waals surface area contributed by atoms with Crippen molar-refractivity contribution >= 4 is 17.4 Å². The Morgan fingerprint density at radius 3 is 2.58 bits per heavy atom. The third-order valence-electron chi connectivity index (χ3n) is 4.61. The highest BCUT2D eigenvalue weighted by molar-refractivity contribution is 6.16. The fraction of sp³-hybridized carbons (Fsp3) is 0.238. The van der Waals surface area contributed by atoms with Crippen LogP contribution in [0.2, 0.25) is 0 Å². The van der Waals surface area contributed by atoms with E-state index in [1.54, 1.807) is 32.2 Å². The van der Waals surface area contributed by atoms with Crippen LogP contribution in [-0.2, 0) is 9.59 Å². The molecule has 1 aliphatic rings. The predicted molar refractivity (Wildman–Crippen MR) is 99.4 cm³/mol. The van der Waals surface area contributed by atoms with Crippen LogP contribution in [0.5, 0.6) is 5.75 Å². The van der Waals surface area contributed by atoms with Gasteiger partial charge in [0.25, 0.3) is 5.91 Å². The number of nitrogens with zero attached hydrogens (tertiary/aromatic N) is 1. The molecule has 0 radical (unpaired) electrons. The summed E-state index contributed by atoms with van der Waals surface area (Å²) < 4.78 is 5.29. The summed E-state index contributed by atoms with van der Waals surface area (Å²) in [6, 6.07) is 13.9. The lowest BCUT2D eigenvalue weighted by molar-refractivity contribution is -0.118. The number of aliphatic hydroxyl groups is 1. The van der Waals surface area contributed by atoms with Gasteiger partial charge in [-0.3, -0.25) is 14.5 Å². The van der Waals surface area contributed by atoms with Crippen molar-refractivity contribution < 1.29 is 19.4 Å². The molecule has 0 spiro atoms. The molecule has 0 fully saturated rings. The smallest absolute Gasteiger partial charge is 0.294 e. The minimum atomic E-state index is -0.689. The highest BCUT2D eigenvalue weighted by atomic mass is 16.5. The topological polar surface area (TPSA) is 66.8 Å². The van der Waals surface area contributed by atoms with Crippen molar-refractivity contribution in [3.05, 3.63) is 71.0 Å². The van der Waals surface area contributed by atoms with Crippen LogP contribution >= 0.6 is 0 Å². The number of hydrogen-bond donors (Lipinski definition) is 1. The molecule has 0 bridgehead atoms. The number of benzene rings is 2. The Balaban J connectivity index is 2.22. The van der Waals surface area contributed by atoms with E-state index < -0.39 is 17.7 Å². The molecule has 1 atom stereocenters. The van der Waals surface area contributed by atoms with Crippen molar-refractivity contribution in [2.75, 3.05) is 12.0 Å². The number of ether oxygens (including phenoxy) is 1. The van der Waals surface area contributed by atoms with Crippen LogP contribution in [0, 0.1) is 6.92 Å². The summed E-state index contributed by atoms with van der Waals surface area (Å²) in [6.45, 7) is 3.61. The molecular formula is C21H21NO4. The molecular weight excluding hydrogens is 330 g/mol. The first kappa shape index (κ1) is 17.7. The fourth-order valence-corrected chi connectivity index (χ4v) is 3.29. The molecule has 0 aliphatic carbocycles. The lowest BCUT2D eigenvalue weighted by Gasteiger charge is -2.28. The van der Waals surface area contributed by atoms with E-state index in [0.29, 0.717) is 17.0 Å². The first-order valence-corrected chi connectivity index (χ1v) is 8.49. The van der Waals surface area contributed by atoms with Gasteiger partial charge in [0.2, 0.25) is 0 Å². The average molecular weight is 351 g/mol. The van der Waals surface area contributed by atoms with Crippen LogP contribution in [-0.4, -0.2) is 23.9 Å². The molecule has 0 saturated heterocycles. The van der Waals surface area contributed by atoms with Gasteiger partial charge in [-0.1, -0.05) is 37.3 Å². The zero-order chi connectivity index (χ0) is 18.8. The molecule has 1 aliphatic heterocycles. The number of hydrogen-bond acceptors (Lipinski definition) is 4. The number of carbonyl (C=O) groups is 2. The Kier molecular flexibility index (Phi) is 4.80. The van der Waals surface area contributed by atoms with Gasteiger partial charge in [-0.15, -0.1) is 0 Å². The summed E-state index contributed by atoms with van der Waals surface area (Å²) in [6.07, 6.45) is 0.203. The van der Waals surface area contributed by atoms with E-state index in [0.717, 1.165) is 5.56 Å². The van der Waals surface area contributed by atoms with Gasteiger partial charge in [-0.05, 0) is 36.2 Å². The molecule has 0 saturated carbocycles. The fourth-order valence-electron chi connectivity index (χ4n) is 3.29. The number of Topliss-reactive ketones (excluding diaryl/α,β-unsaturated/α-hetero) is 1. The van der Waals surface area contributed by atoms with Gasteiger partial charge in [0, 0.05) is 12.1 Å². The largest absolute Gasteiger partial charge is 0.503 e. The average Bonchev–Trinajstić information content (AvgIpc) is 2.93. The molecule has 1 unspecified atom stereocenters. The number of methoxy groups -OCH3 is 1. The molecule has 3 rings (SSSR count). The van der Waals surface area contributed by atoms with Crippen LogP contribution < -0.4 is 9.64 Å². The van der Waals surface area contributed by atoms with Crippen LogP contribution in [0.4, 0.5) is 5.69 Å². The Bertz CT molecular complexity index is 900. The number of carbonyl (C=O) groups excluding carboxylic acids is 2. The number of aryl methyl sites for hydroxylation is 1. The van der Waals surface area contributed by atoms with Crippen molar-refractivity contribution in [2.45, 2.75) is 26.3 Å². The lowest BCUT2D eigenvalue weighted by atomic mass is 9.94. The van der Waals surface area contributed by atoms with Gasteiger partial charge in [-0.2, -0.15) is 0 Å². The number of para-hydroxylation sites is 1. The van der Waals surface area contributed by atoms with Crippen molar-refractivity contribution in [3.8, 4) is 5.75 Å². The molecule has 1 amide bonds. The maximum Gasteiger partial charge on any atom is 0.294 e. The number of aliphatic hydroxyl groups excluding tert-OH is 1. The number of rotatable bonds is 5. The zero-order valence-electron chi connectivity index (χ0n) is 15.0. The van der Waals surface area contributed by atoms with Crippen LogP contribution in [0.15, 0.2) is 59.9 Å². The van der Waals surface area contributed by atoms with E-state index in [9.17, 15) is 14.7 Å². The highest BCUT2D eigenvalue weighted by Gasteiger charge is 2.44. The monoisotopic (exact) mass is 351 g/mol. The first-order chi connectivity index (χ1) is 12.5. The van der Waals surface area contributed by atoms with Crippen molar-refractivity contribution in [3.63, 3.8) is 0 Å². The highest BCUT2D eigenvalue weighted by Crippen LogP contribution is 2.42. The molecule has 134 valence electrons. The Hall–Kier alpha value is -3.08. The van der Waals surface area contributed by atoms with Crippen molar-refractivity contribution in [1.82, 2.24) is 0 Å². The molecule has 26 heavy (non-hydrogen) atoms. The first-order valence-electron chi connectivity index (χ1n) is 8.49. The van der Waals surface area contributed by atoms with E-state index in [1.165, 1.54) is 4.90 Å². The zero-order valence-corrected chi connectivity index (χ0v) is 15.0. The molecule has 2 aromatic carbocycles. The van der Waals surface area contributed by atoms with Crippen LogP contribution in [0.1, 0.15) is 30.5 Å². The predicted octanol–water partition coefficient (Wildman–Crippen LogP) is 3.88. The number of amides is 1. The van der Waals surface area contributed by atoms with Gasteiger partial charge in [-0.25, -0.2) is 0 Å². The SMILES string of the molecule is CCC(=O)C1=C(O)C(=O)N(c2ccccc2C)C1c1cccc(OC)c1. The maximum absolute atomic E-state index is 12.9. The van der Waals surface area contributed by atoms with E-state index in [-0.39, 0.29) is 17.8 Å². The normalized spacial score (nSPS) is 17.0. The van der Waals surface area contributed by atoms with Gasteiger partial charge in [0.05, 0.1) is 18.7 Å². The van der Waals surface area contributed by atoms with E-state index in [2.05, 4.69) is 0 Å². The summed E-state index contributed by atoms with van der Waals surface area (Å²) in [5.41, 5.74) is 2.39. The van der Waals surface area contributed by atoms with Crippen molar-refractivity contribution in [2.24, 2.45) is 0 Å². The molecule has 1 heterocycles. The third-order valence-corrected chi connectivity index (χ3v) is 4.61. The van der Waals surface area contributed by atoms with Crippen LogP contribution in [0.25, 0.3) is 0 Å². The van der Waals surface area contributed by atoms with E-state index >= 15 is 0 Å². The number of ketones is 1. The Morgan fingerprint density at radius 2 is 1.92 bits per heavy atom. The quantitative estimate of drug-likeness (QED) is 0.888. The second-order valence-electron chi connectivity index (χ2n) is 6.18. The van der Waals surface area contributed by atoms with Crippen molar-refractivity contribution in [1.29, 1.82) is 0 Å². The van der Waals surface area contributed by atoms with E-state index in [1.807, 2.05) is 37.3 Å². The second-order valence-corrected chi connectivity index (χ2v) is 6.18. The van der Waals surface area contributed by atoms with Gasteiger partial charge >= 0.3 is 0 Å². The summed E-state index contributed by atoms with van der Waals surface area (Å²) >= 11 is 0. The summed E-state index contributed by atoms with van der Waals surface area (Å²) in [5, 5.41) is 10.5. The molecule has 2 aromatic rings. The lowest BCUT2D eigenvalue weighted by Crippen LogP contribution is -2.31. The van der Waals surface area contributed by atoms with Crippen LogP contribution in [0.3, 0.4) is 0 Å². The minimum Gasteiger partial charge on any atom is -0.503 e. The standard InChI is InChI=1S/C21H21NO4/c1-4-17(23)18-19(14-9-7-10-15(12-14)26-3)22(21(25)20(18)24)16-11-6-5-8-13(16)2/h5-12,19,24H,4H2,1-3H3. The molecule has 0 aromatic heterocycles. The van der Waals surface area contributed by atoms with Gasteiger partial charge in [0.1, 0.15) is 5.75 Å². The summed E-state index contributed by atoms with van der Waals surface area (Å²) in [4.78, 5) is 26.9. The number of anilines is 1. The third kappa shape index (κ3) is 2.86. The molecule has 5 heteroatoms. The minimum absolute atomic E-state index is 0.133. The summed E-state index contributed by atoms with van der Waals surface area (Å²) in [7, 11) is 1.56. The second kappa shape index (κ2) is 7.04. The molecule has 5 nitrogen and oxygen atoms in total. The van der Waals surface area contributed by atoms with Gasteiger partial charge in [0.15, 0.2) is 11.5 Å². The Morgan fingerprint density at radius 1 is 1.19 bits per heavy atom. The summed E-state index contributed by atoms with van der Waals surface area (Å²) in [5.74, 6) is -0.675. The maximum atomic E-state index is 12.9. The van der Waals surface area contributed by atoms with E-state index in [4.69, 9.17) is 4.74 Å². The van der Waals surface area contributed by atoms with Gasteiger partial charge < -0.3 is 9.84 Å².